The second kappa shape index (κ2) is 5.60. The number of carbonyl (C=O) groups is 1. The molecule has 1 aliphatic heterocycles. The van der Waals surface area contributed by atoms with E-state index in [2.05, 4.69) is 15.6 Å². The van der Waals surface area contributed by atoms with Crippen molar-refractivity contribution in [3.05, 3.63) is 11.8 Å². The smallest absolute Gasteiger partial charge is 0.328 e. The van der Waals surface area contributed by atoms with Gasteiger partial charge in [-0.05, 0) is 12.5 Å². The third-order valence-corrected chi connectivity index (χ3v) is 1.42. The Kier molecular flexibility index (Phi) is 5.12. The van der Waals surface area contributed by atoms with Crippen molar-refractivity contribution in [1.29, 1.82) is 0 Å². The van der Waals surface area contributed by atoms with Crippen LogP contribution in [0.25, 0.3) is 0 Å². The van der Waals surface area contributed by atoms with Crippen LogP contribution in [0.4, 0.5) is 0 Å². The molecule has 0 radical (unpaired) electrons. The molecule has 0 aromatic heterocycles. The molecule has 1 atom stereocenters. The molecule has 0 aliphatic carbocycles. The number of carbonyl (C=O) groups excluding carboxylic acids is 1. The monoisotopic (exact) mass is 172 g/mol. The lowest BCUT2D eigenvalue weighted by Gasteiger charge is -2.07. The molecule has 70 valence electrons. The van der Waals surface area contributed by atoms with E-state index in [-0.39, 0.29) is 12.0 Å². The van der Waals surface area contributed by atoms with Crippen molar-refractivity contribution >= 4 is 5.97 Å². The summed E-state index contributed by atoms with van der Waals surface area (Å²) in [5, 5.41) is 0. The zero-order valence-corrected chi connectivity index (χ0v) is 7.97. The normalized spacial score (nSPS) is 20.0. The van der Waals surface area contributed by atoms with Gasteiger partial charge in [0.25, 0.3) is 0 Å². The zero-order chi connectivity index (χ0) is 9.56. The van der Waals surface area contributed by atoms with Crippen LogP contribution < -0.4 is 10.9 Å². The number of nitrogens with one attached hydrogen (secondary N) is 2. The van der Waals surface area contributed by atoms with E-state index in [0.29, 0.717) is 0 Å². The second-order valence-electron chi connectivity index (χ2n) is 2.13. The molecule has 0 bridgehead atoms. The van der Waals surface area contributed by atoms with Gasteiger partial charge in [-0.2, -0.15) is 0 Å². The quantitative estimate of drug-likeness (QED) is 0.568. The van der Waals surface area contributed by atoms with Crippen LogP contribution in [-0.2, 0) is 9.53 Å². The van der Waals surface area contributed by atoms with Gasteiger partial charge in [0.15, 0.2) is 0 Å². The predicted molar refractivity (Wildman–Crippen MR) is 47.2 cm³/mol. The minimum absolute atomic E-state index is 0.265. The molecule has 0 saturated heterocycles. The molecular formula is C8H16N2O2. The fourth-order valence-electron chi connectivity index (χ4n) is 0.799. The summed E-state index contributed by atoms with van der Waals surface area (Å²) in [6.45, 7) is 5.86. The first-order chi connectivity index (χ1) is 5.75. The van der Waals surface area contributed by atoms with Gasteiger partial charge >= 0.3 is 5.97 Å². The van der Waals surface area contributed by atoms with E-state index in [4.69, 9.17) is 0 Å². The first kappa shape index (κ1) is 11.0. The molecule has 1 aliphatic rings. The molecule has 4 nitrogen and oxygen atoms in total. The summed E-state index contributed by atoms with van der Waals surface area (Å²) in [4.78, 5) is 10.9. The van der Waals surface area contributed by atoms with Gasteiger partial charge in [0, 0.05) is 6.20 Å². The highest BCUT2D eigenvalue weighted by Gasteiger charge is 2.23. The average molecular weight is 172 g/mol. The van der Waals surface area contributed by atoms with Crippen molar-refractivity contribution in [1.82, 2.24) is 10.9 Å². The third kappa shape index (κ3) is 2.54. The molecule has 0 aromatic carbocycles. The van der Waals surface area contributed by atoms with Crippen LogP contribution >= 0.6 is 0 Å². The predicted octanol–water partition coefficient (Wildman–Crippen LogP) is 0.566. The zero-order valence-electron chi connectivity index (χ0n) is 7.97. The summed E-state index contributed by atoms with van der Waals surface area (Å²) < 4.78 is 4.52. The van der Waals surface area contributed by atoms with E-state index < -0.39 is 0 Å². The maximum Gasteiger partial charge on any atom is 0.328 e. The number of esters is 1. The number of methoxy groups -OCH3 is 1. The van der Waals surface area contributed by atoms with Gasteiger partial charge < -0.3 is 10.2 Å². The fraction of sp³-hybridized carbons (Fsp3) is 0.625. The number of hydrogen-bond donors (Lipinski definition) is 2. The van der Waals surface area contributed by atoms with E-state index in [9.17, 15) is 4.79 Å². The molecule has 2 N–H and O–H groups in total. The number of rotatable bonds is 1. The van der Waals surface area contributed by atoms with Crippen molar-refractivity contribution < 1.29 is 9.53 Å². The molecule has 0 fully saturated rings. The van der Waals surface area contributed by atoms with Gasteiger partial charge in [-0.25, -0.2) is 10.2 Å². The molecule has 1 rings (SSSR count). The third-order valence-electron chi connectivity index (χ3n) is 1.42. The van der Waals surface area contributed by atoms with Gasteiger partial charge in [-0.1, -0.05) is 13.8 Å². The van der Waals surface area contributed by atoms with Gasteiger partial charge in [-0.3, -0.25) is 0 Å². The van der Waals surface area contributed by atoms with Crippen molar-refractivity contribution in [3.8, 4) is 0 Å². The lowest BCUT2D eigenvalue weighted by molar-refractivity contribution is -0.141. The Morgan fingerprint density at radius 1 is 1.58 bits per heavy atom. The molecule has 0 aromatic rings. The first-order valence-corrected chi connectivity index (χ1v) is 4.01. The van der Waals surface area contributed by atoms with Crippen LogP contribution in [0.3, 0.4) is 0 Å². The Labute approximate surface area is 72.9 Å². The first-order valence-electron chi connectivity index (χ1n) is 4.01. The standard InChI is InChI=1S/C6H10N2O2.C2H6/c1-4-3-7-8-5(4)6(9)10-2;1-2/h3,5,7-8H,1-2H3;1-2H3. The van der Waals surface area contributed by atoms with E-state index in [1.807, 2.05) is 20.8 Å². The minimum atomic E-state index is -0.315. The van der Waals surface area contributed by atoms with Crippen LogP contribution in [0, 0.1) is 0 Å². The van der Waals surface area contributed by atoms with Crippen LogP contribution in [-0.4, -0.2) is 19.1 Å². The summed E-state index contributed by atoms with van der Waals surface area (Å²) in [7, 11) is 1.37. The number of hydrogen-bond acceptors (Lipinski definition) is 4. The Hall–Kier alpha value is -1.03. The highest BCUT2D eigenvalue weighted by atomic mass is 16.5. The molecule has 1 unspecified atom stereocenters. The van der Waals surface area contributed by atoms with Crippen LogP contribution in [0.15, 0.2) is 11.8 Å². The SMILES string of the molecule is CC.COC(=O)C1NNC=C1C. The second-order valence-corrected chi connectivity index (χ2v) is 2.13. The van der Waals surface area contributed by atoms with Gasteiger partial charge in [-0.15, -0.1) is 0 Å². The van der Waals surface area contributed by atoms with E-state index >= 15 is 0 Å². The topological polar surface area (TPSA) is 50.4 Å². The summed E-state index contributed by atoms with van der Waals surface area (Å²) in [5.41, 5.74) is 6.40. The lowest BCUT2D eigenvalue weighted by Crippen LogP contribution is -2.38. The molecule has 12 heavy (non-hydrogen) atoms. The Bertz CT molecular complexity index is 178. The highest BCUT2D eigenvalue weighted by molar-refractivity contribution is 5.79. The van der Waals surface area contributed by atoms with Crippen molar-refractivity contribution in [2.24, 2.45) is 0 Å². The van der Waals surface area contributed by atoms with Gasteiger partial charge in [0.2, 0.25) is 0 Å². The average Bonchev–Trinajstić information content (AvgIpc) is 2.54. The molecule has 4 heteroatoms. The van der Waals surface area contributed by atoms with E-state index in [1.54, 1.807) is 6.20 Å². The summed E-state index contributed by atoms with van der Waals surface area (Å²) in [5.74, 6) is -0.265. The molecule has 0 spiro atoms. The van der Waals surface area contributed by atoms with E-state index in [1.165, 1.54) is 7.11 Å². The molecule has 0 saturated carbocycles. The van der Waals surface area contributed by atoms with Crippen molar-refractivity contribution in [2.75, 3.05) is 7.11 Å². The summed E-state index contributed by atoms with van der Waals surface area (Å²) >= 11 is 0. The summed E-state index contributed by atoms with van der Waals surface area (Å²) in [6.07, 6.45) is 1.74. The molecule has 1 heterocycles. The molecular weight excluding hydrogens is 156 g/mol. The van der Waals surface area contributed by atoms with Gasteiger partial charge in [0.1, 0.15) is 6.04 Å². The van der Waals surface area contributed by atoms with E-state index in [0.717, 1.165) is 5.57 Å². The largest absolute Gasteiger partial charge is 0.468 e. The van der Waals surface area contributed by atoms with Crippen LogP contribution in [0.1, 0.15) is 20.8 Å². The van der Waals surface area contributed by atoms with Gasteiger partial charge in [0.05, 0.1) is 7.11 Å². The fourth-order valence-corrected chi connectivity index (χ4v) is 0.799. The Morgan fingerprint density at radius 2 is 2.17 bits per heavy atom. The maximum atomic E-state index is 10.9. The summed E-state index contributed by atoms with van der Waals surface area (Å²) in [6, 6.07) is -0.315. The maximum absolute atomic E-state index is 10.9. The minimum Gasteiger partial charge on any atom is -0.468 e. The Balaban J connectivity index is 0.000000561. The number of hydrazine groups is 1. The van der Waals surface area contributed by atoms with Crippen molar-refractivity contribution in [3.63, 3.8) is 0 Å². The van der Waals surface area contributed by atoms with Crippen molar-refractivity contribution in [2.45, 2.75) is 26.8 Å². The highest BCUT2D eigenvalue weighted by Crippen LogP contribution is 2.04. The lowest BCUT2D eigenvalue weighted by atomic mass is 10.2. The number of ether oxygens (including phenoxy) is 1. The van der Waals surface area contributed by atoms with Crippen LogP contribution in [0.5, 0.6) is 0 Å². The Morgan fingerprint density at radius 3 is 2.50 bits per heavy atom. The van der Waals surface area contributed by atoms with Crippen LogP contribution in [0.2, 0.25) is 0 Å². The molecule has 0 amide bonds.